The zero-order valence-electron chi connectivity index (χ0n) is 16.3. The average molecular weight is 421 g/mol. The molecule has 29 heavy (non-hydrogen) atoms. The van der Waals surface area contributed by atoms with Crippen molar-refractivity contribution in [2.75, 3.05) is 5.32 Å². The van der Waals surface area contributed by atoms with Crippen LogP contribution in [0.2, 0.25) is 0 Å². The van der Waals surface area contributed by atoms with Crippen LogP contribution < -0.4 is 10.5 Å². The van der Waals surface area contributed by atoms with E-state index in [0.29, 0.717) is 22.8 Å². The van der Waals surface area contributed by atoms with Gasteiger partial charge in [-0.05, 0) is 37.6 Å². The van der Waals surface area contributed by atoms with Crippen LogP contribution in [-0.4, -0.2) is 29.5 Å². The van der Waals surface area contributed by atoms with E-state index in [2.05, 4.69) is 26.8 Å². The fourth-order valence-corrected chi connectivity index (χ4v) is 3.07. The Labute approximate surface area is 169 Å². The largest absolute Gasteiger partial charge is 0.495 e. The molecule has 2 aromatic rings. The van der Waals surface area contributed by atoms with Crippen molar-refractivity contribution in [3.63, 3.8) is 0 Å². The van der Waals surface area contributed by atoms with Gasteiger partial charge in [0.15, 0.2) is 0 Å². The Morgan fingerprint density at radius 3 is 2.79 bits per heavy atom. The summed E-state index contributed by atoms with van der Waals surface area (Å²) in [5.74, 6) is 0.505. The maximum atomic E-state index is 13.0. The molecule has 0 aliphatic rings. The number of ether oxygens (including phenoxy) is 1. The van der Waals surface area contributed by atoms with Gasteiger partial charge >= 0.3 is 0 Å². The number of allylic oxidation sites excluding steroid dienone is 3. The number of anilines is 2. The molecule has 8 nitrogen and oxygen atoms in total. The number of nitrogens with one attached hydrogen (secondary N) is 1. The monoisotopic (exact) mass is 421 g/mol. The molecule has 0 saturated carbocycles. The second-order valence-electron chi connectivity index (χ2n) is 6.59. The second kappa shape index (κ2) is 10.1. The SMILES string of the molecule is C=C(F)C/C=C(\Cc1ncnc(Nc2cccc(CS(N)(=O)=O)c2)n1)OC(C)C. The Kier molecular flexibility index (Phi) is 7.80. The van der Waals surface area contributed by atoms with Gasteiger partial charge in [-0.1, -0.05) is 18.7 Å². The van der Waals surface area contributed by atoms with E-state index in [9.17, 15) is 12.8 Å². The summed E-state index contributed by atoms with van der Waals surface area (Å²) < 4.78 is 41.2. The number of hydrogen-bond donors (Lipinski definition) is 2. The molecule has 0 radical (unpaired) electrons. The van der Waals surface area contributed by atoms with Gasteiger partial charge in [-0.3, -0.25) is 0 Å². The summed E-state index contributed by atoms with van der Waals surface area (Å²) in [6.45, 7) is 6.98. The number of sulfonamides is 1. The Hall–Kier alpha value is -2.85. The van der Waals surface area contributed by atoms with E-state index in [1.807, 2.05) is 13.8 Å². The third-order valence-corrected chi connectivity index (χ3v) is 4.18. The van der Waals surface area contributed by atoms with Crippen molar-refractivity contribution in [1.29, 1.82) is 0 Å². The van der Waals surface area contributed by atoms with Gasteiger partial charge in [0.25, 0.3) is 0 Å². The Morgan fingerprint density at radius 2 is 2.14 bits per heavy atom. The summed E-state index contributed by atoms with van der Waals surface area (Å²) in [4.78, 5) is 12.5. The van der Waals surface area contributed by atoms with Crippen LogP contribution in [0.1, 0.15) is 31.7 Å². The standard InChI is InChI=1S/C19H24FN5O3S/c1-13(2)28-17(8-7-14(3)20)10-18-22-12-23-19(25-18)24-16-6-4-5-15(9-16)11-29(21,26)27/h4-6,8-9,12-13H,3,7,10-11H2,1-2H3,(H2,21,26,27)(H,22,23,24,25)/b17-8+. The maximum absolute atomic E-state index is 13.0. The topological polar surface area (TPSA) is 120 Å². The van der Waals surface area contributed by atoms with Crippen molar-refractivity contribution in [3.8, 4) is 0 Å². The summed E-state index contributed by atoms with van der Waals surface area (Å²) in [6.07, 6.45) is 3.18. The third kappa shape index (κ3) is 8.79. The Bertz CT molecular complexity index is 993. The summed E-state index contributed by atoms with van der Waals surface area (Å²) >= 11 is 0. The zero-order chi connectivity index (χ0) is 21.4. The fraction of sp³-hybridized carbons (Fsp3) is 0.316. The number of rotatable bonds is 10. The number of hydrogen-bond acceptors (Lipinski definition) is 7. The molecular formula is C19H24FN5O3S. The van der Waals surface area contributed by atoms with Crippen molar-refractivity contribution in [2.45, 2.75) is 38.5 Å². The van der Waals surface area contributed by atoms with E-state index in [0.717, 1.165) is 0 Å². The highest BCUT2D eigenvalue weighted by Gasteiger charge is 2.10. The van der Waals surface area contributed by atoms with Crippen LogP contribution in [0.5, 0.6) is 0 Å². The lowest BCUT2D eigenvalue weighted by Gasteiger charge is -2.13. The van der Waals surface area contributed by atoms with E-state index in [4.69, 9.17) is 9.88 Å². The molecular weight excluding hydrogens is 397 g/mol. The number of aromatic nitrogens is 3. The van der Waals surface area contributed by atoms with Crippen LogP contribution in [0.4, 0.5) is 16.0 Å². The lowest BCUT2D eigenvalue weighted by molar-refractivity contribution is 0.141. The van der Waals surface area contributed by atoms with Gasteiger partial charge in [0.2, 0.25) is 16.0 Å². The summed E-state index contributed by atoms with van der Waals surface area (Å²) in [5, 5.41) is 8.09. The zero-order valence-corrected chi connectivity index (χ0v) is 17.1. The van der Waals surface area contributed by atoms with Gasteiger partial charge < -0.3 is 10.1 Å². The van der Waals surface area contributed by atoms with Crippen LogP contribution in [0, 0.1) is 0 Å². The van der Waals surface area contributed by atoms with Gasteiger partial charge in [0, 0.05) is 12.1 Å². The van der Waals surface area contributed by atoms with Crippen LogP contribution in [-0.2, 0) is 26.9 Å². The van der Waals surface area contributed by atoms with Crippen LogP contribution >= 0.6 is 0 Å². The molecule has 0 bridgehead atoms. The van der Waals surface area contributed by atoms with E-state index < -0.39 is 15.9 Å². The highest BCUT2D eigenvalue weighted by atomic mass is 32.2. The first kappa shape index (κ1) is 22.4. The van der Waals surface area contributed by atoms with Crippen molar-refractivity contribution < 1.29 is 17.5 Å². The first-order chi connectivity index (χ1) is 13.6. The van der Waals surface area contributed by atoms with E-state index in [1.165, 1.54) is 6.33 Å². The molecule has 3 N–H and O–H groups in total. The number of primary sulfonamides is 1. The molecule has 0 saturated heterocycles. The van der Waals surface area contributed by atoms with Gasteiger partial charge in [-0.2, -0.15) is 4.98 Å². The molecule has 0 atom stereocenters. The predicted octanol–water partition coefficient (Wildman–Crippen LogP) is 3.13. The van der Waals surface area contributed by atoms with Crippen molar-refractivity contribution in [3.05, 3.63) is 66.2 Å². The molecule has 1 heterocycles. The van der Waals surface area contributed by atoms with Crippen molar-refractivity contribution in [2.24, 2.45) is 5.14 Å². The van der Waals surface area contributed by atoms with Crippen molar-refractivity contribution in [1.82, 2.24) is 15.0 Å². The Morgan fingerprint density at radius 1 is 1.38 bits per heavy atom. The summed E-state index contributed by atoms with van der Waals surface area (Å²) in [5.41, 5.74) is 1.14. The average Bonchev–Trinajstić information content (AvgIpc) is 2.58. The quantitative estimate of drug-likeness (QED) is 0.566. The summed E-state index contributed by atoms with van der Waals surface area (Å²) in [6, 6.07) is 6.75. The molecule has 0 amide bonds. The first-order valence-corrected chi connectivity index (χ1v) is 10.6. The lowest BCUT2D eigenvalue weighted by Crippen LogP contribution is -2.14. The predicted molar refractivity (Wildman–Crippen MR) is 109 cm³/mol. The minimum absolute atomic E-state index is 0.0507. The molecule has 10 heteroatoms. The van der Waals surface area contributed by atoms with Crippen LogP contribution in [0.3, 0.4) is 0 Å². The molecule has 0 aliphatic heterocycles. The molecule has 2 rings (SSSR count). The fourth-order valence-electron chi connectivity index (χ4n) is 2.42. The lowest BCUT2D eigenvalue weighted by atomic mass is 10.2. The second-order valence-corrected chi connectivity index (χ2v) is 8.21. The molecule has 0 unspecified atom stereocenters. The maximum Gasteiger partial charge on any atom is 0.230 e. The molecule has 156 valence electrons. The minimum atomic E-state index is -3.63. The van der Waals surface area contributed by atoms with Crippen LogP contribution in [0.15, 0.2) is 54.8 Å². The number of halogens is 1. The Balaban J connectivity index is 2.15. The molecule has 0 fully saturated rings. The highest BCUT2D eigenvalue weighted by Crippen LogP contribution is 2.17. The molecule has 1 aromatic carbocycles. The van der Waals surface area contributed by atoms with Crippen molar-refractivity contribution >= 4 is 21.7 Å². The first-order valence-electron chi connectivity index (χ1n) is 8.84. The summed E-state index contributed by atoms with van der Waals surface area (Å²) in [7, 11) is -3.63. The van der Waals surface area contributed by atoms with E-state index in [-0.39, 0.29) is 30.6 Å². The van der Waals surface area contributed by atoms with Crippen LogP contribution in [0.25, 0.3) is 0 Å². The smallest absolute Gasteiger partial charge is 0.230 e. The van der Waals surface area contributed by atoms with E-state index >= 15 is 0 Å². The number of benzene rings is 1. The van der Waals surface area contributed by atoms with E-state index in [1.54, 1.807) is 30.3 Å². The molecule has 0 spiro atoms. The molecule has 0 aliphatic carbocycles. The number of nitrogens with two attached hydrogens (primary N) is 1. The number of nitrogens with zero attached hydrogens (tertiary/aromatic N) is 3. The van der Waals surface area contributed by atoms with Gasteiger partial charge in [0.05, 0.1) is 24.1 Å². The van der Waals surface area contributed by atoms with Gasteiger partial charge in [-0.15, -0.1) is 0 Å². The third-order valence-electron chi connectivity index (χ3n) is 3.44. The van der Waals surface area contributed by atoms with Gasteiger partial charge in [-0.25, -0.2) is 27.9 Å². The highest BCUT2D eigenvalue weighted by molar-refractivity contribution is 7.88. The van der Waals surface area contributed by atoms with Gasteiger partial charge in [0.1, 0.15) is 17.9 Å². The minimum Gasteiger partial charge on any atom is -0.495 e. The molecule has 1 aromatic heterocycles. The normalized spacial score (nSPS) is 12.1.